The van der Waals surface area contributed by atoms with Gasteiger partial charge in [0.15, 0.2) is 11.6 Å². The summed E-state index contributed by atoms with van der Waals surface area (Å²) in [6.07, 6.45) is 0. The Morgan fingerprint density at radius 3 is 2.41 bits per heavy atom. The summed E-state index contributed by atoms with van der Waals surface area (Å²) in [5.74, 6) is -0.848. The third-order valence-electron chi connectivity index (χ3n) is 4.76. The molecule has 0 aliphatic heterocycles. The van der Waals surface area contributed by atoms with Crippen molar-refractivity contribution in [3.8, 4) is 5.75 Å². The van der Waals surface area contributed by atoms with Crippen LogP contribution in [0, 0.1) is 11.6 Å². The van der Waals surface area contributed by atoms with Crippen LogP contribution in [-0.2, 0) is 6.61 Å². The van der Waals surface area contributed by atoms with E-state index in [1.807, 2.05) is 0 Å². The predicted molar refractivity (Wildman–Crippen MR) is 116 cm³/mol. The number of benzene rings is 3. The van der Waals surface area contributed by atoms with Gasteiger partial charge < -0.3 is 10.1 Å². The Kier molecular flexibility index (Phi) is 5.80. The van der Waals surface area contributed by atoms with Crippen molar-refractivity contribution in [1.29, 1.82) is 0 Å². The quantitative estimate of drug-likeness (QED) is 0.359. The van der Waals surface area contributed by atoms with Gasteiger partial charge in [-0.05, 0) is 61.5 Å². The molecule has 1 heterocycles. The normalized spacial score (nSPS) is 10.7. The summed E-state index contributed by atoms with van der Waals surface area (Å²) in [4.78, 5) is 23.7. The Morgan fingerprint density at radius 2 is 1.72 bits per heavy atom. The van der Waals surface area contributed by atoms with Crippen molar-refractivity contribution in [1.82, 2.24) is 10.2 Å². The molecule has 7 nitrogen and oxygen atoms in total. The number of carbonyl (C=O) groups excluding carboxylic acids is 2. The minimum atomic E-state index is -0.690. The fourth-order valence-corrected chi connectivity index (χ4v) is 3.06. The van der Waals surface area contributed by atoms with E-state index in [-0.39, 0.29) is 23.8 Å². The average molecular weight is 436 g/mol. The number of rotatable bonds is 6. The van der Waals surface area contributed by atoms with Gasteiger partial charge in [-0.2, -0.15) is 5.10 Å². The zero-order valence-corrected chi connectivity index (χ0v) is 16.9. The number of anilines is 2. The average Bonchev–Trinajstić information content (AvgIpc) is 3.15. The van der Waals surface area contributed by atoms with Crippen molar-refractivity contribution >= 4 is 34.2 Å². The fraction of sp³-hybridized carbons (Fsp3) is 0.0870. The van der Waals surface area contributed by atoms with Gasteiger partial charge in [-0.15, -0.1) is 0 Å². The minimum absolute atomic E-state index is 0.0697. The van der Waals surface area contributed by atoms with Crippen molar-refractivity contribution in [2.45, 2.75) is 13.5 Å². The van der Waals surface area contributed by atoms with Crippen LogP contribution in [0.5, 0.6) is 5.75 Å². The molecule has 2 amide bonds. The molecule has 9 heteroatoms. The summed E-state index contributed by atoms with van der Waals surface area (Å²) < 4.78 is 33.1. The van der Waals surface area contributed by atoms with Crippen LogP contribution in [0.25, 0.3) is 10.9 Å². The van der Waals surface area contributed by atoms with Gasteiger partial charge in [0.1, 0.15) is 24.0 Å². The van der Waals surface area contributed by atoms with Crippen LogP contribution in [0.3, 0.4) is 0 Å². The zero-order chi connectivity index (χ0) is 22.7. The molecular formula is C23H18F2N4O3. The van der Waals surface area contributed by atoms with Gasteiger partial charge in [0.25, 0.3) is 0 Å². The summed E-state index contributed by atoms with van der Waals surface area (Å²) in [6, 6.07) is 14.5. The standard InChI is InChI=1S/C23H18F2N4O3/c1-13(30)14-5-7-15(8-6-14)26-23(31)27-22-17-11-16(9-10-21(17)28-29-22)32-12-18-19(24)3-2-4-20(18)25/h2-11H,12H2,1H3,(H3,26,27,28,29,31). The van der Waals surface area contributed by atoms with E-state index < -0.39 is 17.7 Å². The highest BCUT2D eigenvalue weighted by Crippen LogP contribution is 2.26. The number of ketones is 1. The SMILES string of the molecule is CC(=O)c1ccc(NC(=O)Nc2n[nH]c3ccc(OCc4c(F)cccc4F)cc23)cc1. The molecule has 0 saturated carbocycles. The van der Waals surface area contributed by atoms with Crippen molar-refractivity contribution in [2.75, 3.05) is 10.6 Å². The molecule has 0 aliphatic carbocycles. The summed E-state index contributed by atoms with van der Waals surface area (Å²) in [6.45, 7) is 1.17. The largest absolute Gasteiger partial charge is 0.489 e. The highest BCUT2D eigenvalue weighted by molar-refractivity contribution is 6.05. The monoisotopic (exact) mass is 436 g/mol. The summed E-state index contributed by atoms with van der Waals surface area (Å²) in [7, 11) is 0. The molecule has 0 unspecified atom stereocenters. The predicted octanol–water partition coefficient (Wildman–Crippen LogP) is 5.27. The number of halogens is 2. The van der Waals surface area contributed by atoms with Gasteiger partial charge >= 0.3 is 6.03 Å². The second-order valence-electron chi connectivity index (χ2n) is 6.98. The molecule has 4 aromatic rings. The zero-order valence-electron chi connectivity index (χ0n) is 16.9. The highest BCUT2D eigenvalue weighted by atomic mass is 19.1. The molecule has 32 heavy (non-hydrogen) atoms. The number of Topliss-reactive ketones (excluding diaryl/α,β-unsaturated/α-hetero) is 1. The number of hydrogen-bond donors (Lipinski definition) is 3. The van der Waals surface area contributed by atoms with Gasteiger partial charge in [0, 0.05) is 16.6 Å². The molecule has 4 rings (SSSR count). The van der Waals surface area contributed by atoms with Crippen LogP contribution in [-0.4, -0.2) is 22.0 Å². The van der Waals surface area contributed by atoms with Crippen molar-refractivity contribution in [2.24, 2.45) is 0 Å². The van der Waals surface area contributed by atoms with Crippen molar-refractivity contribution in [3.63, 3.8) is 0 Å². The molecule has 0 fully saturated rings. The lowest BCUT2D eigenvalue weighted by Gasteiger charge is -2.09. The second kappa shape index (κ2) is 8.84. The van der Waals surface area contributed by atoms with Crippen LogP contribution in [0.2, 0.25) is 0 Å². The third-order valence-corrected chi connectivity index (χ3v) is 4.76. The van der Waals surface area contributed by atoms with Gasteiger partial charge in [-0.3, -0.25) is 15.2 Å². The molecule has 0 aliphatic rings. The van der Waals surface area contributed by atoms with E-state index in [0.29, 0.717) is 27.9 Å². The molecule has 3 aromatic carbocycles. The number of aromatic amines is 1. The molecular weight excluding hydrogens is 418 g/mol. The maximum atomic E-state index is 13.8. The first-order valence-corrected chi connectivity index (χ1v) is 9.63. The van der Waals surface area contributed by atoms with Gasteiger partial charge in [-0.1, -0.05) is 6.07 Å². The lowest BCUT2D eigenvalue weighted by Crippen LogP contribution is -2.19. The van der Waals surface area contributed by atoms with E-state index in [2.05, 4.69) is 20.8 Å². The number of nitrogens with zero attached hydrogens (tertiary/aromatic N) is 1. The fourth-order valence-electron chi connectivity index (χ4n) is 3.06. The lowest BCUT2D eigenvalue weighted by atomic mass is 10.1. The number of hydrogen-bond acceptors (Lipinski definition) is 4. The number of fused-ring (bicyclic) bond motifs is 1. The van der Waals surface area contributed by atoms with Crippen LogP contribution in [0.1, 0.15) is 22.8 Å². The van der Waals surface area contributed by atoms with Crippen LogP contribution >= 0.6 is 0 Å². The number of urea groups is 1. The van der Waals surface area contributed by atoms with E-state index >= 15 is 0 Å². The smallest absolute Gasteiger partial charge is 0.324 e. The van der Waals surface area contributed by atoms with Crippen LogP contribution < -0.4 is 15.4 Å². The lowest BCUT2D eigenvalue weighted by molar-refractivity contribution is 0.101. The molecule has 0 spiro atoms. The van der Waals surface area contributed by atoms with Crippen LogP contribution in [0.15, 0.2) is 60.7 Å². The number of aromatic nitrogens is 2. The Bertz CT molecular complexity index is 1280. The maximum Gasteiger partial charge on any atom is 0.324 e. The molecule has 3 N–H and O–H groups in total. The maximum absolute atomic E-state index is 13.8. The molecule has 0 radical (unpaired) electrons. The second-order valence-corrected chi connectivity index (χ2v) is 6.98. The van der Waals surface area contributed by atoms with E-state index in [1.165, 1.54) is 13.0 Å². The van der Waals surface area contributed by atoms with E-state index in [4.69, 9.17) is 4.74 Å². The molecule has 162 valence electrons. The topological polar surface area (TPSA) is 96.1 Å². The van der Waals surface area contributed by atoms with Crippen molar-refractivity contribution in [3.05, 3.63) is 83.4 Å². The van der Waals surface area contributed by atoms with Gasteiger partial charge in [0.05, 0.1) is 11.1 Å². The third kappa shape index (κ3) is 4.56. The Balaban J connectivity index is 1.46. The van der Waals surface area contributed by atoms with Gasteiger partial charge in [0.2, 0.25) is 0 Å². The number of carbonyl (C=O) groups is 2. The Labute approximate surface area is 181 Å². The van der Waals surface area contributed by atoms with Gasteiger partial charge in [-0.25, -0.2) is 13.6 Å². The molecule has 0 saturated heterocycles. The highest BCUT2D eigenvalue weighted by Gasteiger charge is 2.13. The minimum Gasteiger partial charge on any atom is -0.489 e. The number of amides is 2. The summed E-state index contributed by atoms with van der Waals surface area (Å²) in [5.41, 5.74) is 1.50. The first kappa shape index (κ1) is 21.0. The number of nitrogens with one attached hydrogen (secondary N) is 3. The Morgan fingerprint density at radius 1 is 1.00 bits per heavy atom. The first-order chi connectivity index (χ1) is 15.4. The van der Waals surface area contributed by atoms with Crippen molar-refractivity contribution < 1.29 is 23.1 Å². The molecule has 0 bridgehead atoms. The Hall–Kier alpha value is -4.27. The summed E-state index contributed by atoms with van der Waals surface area (Å²) >= 11 is 0. The summed E-state index contributed by atoms with van der Waals surface area (Å²) in [5, 5.41) is 12.7. The van der Waals surface area contributed by atoms with Crippen LogP contribution in [0.4, 0.5) is 25.1 Å². The first-order valence-electron chi connectivity index (χ1n) is 9.63. The molecule has 0 atom stereocenters. The molecule has 1 aromatic heterocycles. The number of ether oxygens (including phenoxy) is 1. The number of H-pyrrole nitrogens is 1. The van der Waals surface area contributed by atoms with E-state index in [0.717, 1.165) is 12.1 Å². The van der Waals surface area contributed by atoms with E-state index in [1.54, 1.807) is 42.5 Å². The van der Waals surface area contributed by atoms with E-state index in [9.17, 15) is 18.4 Å².